The van der Waals surface area contributed by atoms with Gasteiger partial charge in [0.1, 0.15) is 17.2 Å². The third-order valence-corrected chi connectivity index (χ3v) is 3.17. The Morgan fingerprint density at radius 3 is 1.83 bits per heavy atom. The zero-order valence-corrected chi connectivity index (χ0v) is 17.1. The average Bonchev–Trinajstić information content (AvgIpc) is 3.04. The predicted octanol–water partition coefficient (Wildman–Crippen LogP) is 0.627. The van der Waals surface area contributed by atoms with Crippen LogP contribution in [0.5, 0.6) is 0 Å². The quantitative estimate of drug-likeness (QED) is 0.165. The lowest BCUT2D eigenvalue weighted by molar-refractivity contribution is -0.198. The van der Waals surface area contributed by atoms with Gasteiger partial charge >= 0.3 is 5.97 Å². The van der Waals surface area contributed by atoms with Gasteiger partial charge in [-0.1, -0.05) is 13.8 Å². The van der Waals surface area contributed by atoms with Crippen molar-refractivity contribution in [2.75, 3.05) is 59.4 Å². The fraction of sp³-hybridized carbons (Fsp3) is 0.824. The fourth-order valence-electron chi connectivity index (χ4n) is 1.88. The SMILES string of the molecule is CC.N=[N+]=NCCOCCOCCOCCOCCC(=O)ON1C(=O)CCC1=O. The van der Waals surface area contributed by atoms with E-state index in [2.05, 4.69) is 10.0 Å². The first kappa shape index (κ1) is 26.8. The summed E-state index contributed by atoms with van der Waals surface area (Å²) >= 11 is 0. The third-order valence-electron chi connectivity index (χ3n) is 3.17. The third kappa shape index (κ3) is 14.4. The Morgan fingerprint density at radius 1 is 0.897 bits per heavy atom. The number of imide groups is 1. The molecule has 12 heteroatoms. The lowest BCUT2D eigenvalue weighted by Gasteiger charge is -2.12. The van der Waals surface area contributed by atoms with Gasteiger partial charge in [0, 0.05) is 12.8 Å². The molecule has 1 heterocycles. The Morgan fingerprint density at radius 2 is 1.34 bits per heavy atom. The fourth-order valence-corrected chi connectivity index (χ4v) is 1.88. The van der Waals surface area contributed by atoms with E-state index in [1.54, 1.807) is 0 Å². The zero-order valence-electron chi connectivity index (χ0n) is 17.1. The largest absolute Gasteiger partial charge is 0.378 e. The van der Waals surface area contributed by atoms with Gasteiger partial charge in [0.25, 0.3) is 11.8 Å². The van der Waals surface area contributed by atoms with Crippen LogP contribution in [0.2, 0.25) is 0 Å². The van der Waals surface area contributed by atoms with E-state index in [0.717, 1.165) is 0 Å². The smallest absolute Gasteiger partial charge is 0.335 e. The molecule has 0 unspecified atom stereocenters. The van der Waals surface area contributed by atoms with Gasteiger partial charge in [-0.15, -0.1) is 5.06 Å². The van der Waals surface area contributed by atoms with Crippen LogP contribution in [-0.4, -0.2) is 82.2 Å². The Kier molecular flexibility index (Phi) is 17.6. The molecule has 0 saturated carbocycles. The van der Waals surface area contributed by atoms with Crippen LogP contribution >= 0.6 is 0 Å². The number of hydroxylamine groups is 2. The maximum absolute atomic E-state index is 11.5. The standard InChI is InChI=1S/C15H25N4O8.C2H6/c16-18-17-4-6-24-8-10-26-12-11-25-9-7-23-5-3-15(22)27-19-13(20)1-2-14(19)21;1-2/h16H,1-12H2;1-2H3/q+1;. The van der Waals surface area contributed by atoms with Crippen molar-refractivity contribution in [3.05, 3.63) is 0 Å². The summed E-state index contributed by atoms with van der Waals surface area (Å²) in [5, 5.41) is 3.95. The summed E-state index contributed by atoms with van der Waals surface area (Å²) in [6.45, 7) is 7.18. The summed E-state index contributed by atoms with van der Waals surface area (Å²) in [6.07, 6.45) is 0.0652. The maximum Gasteiger partial charge on any atom is 0.335 e. The topological polar surface area (TPSA) is 151 Å². The maximum atomic E-state index is 11.5. The van der Waals surface area contributed by atoms with Crippen LogP contribution in [0.25, 0.3) is 0 Å². The number of carbonyl (C=O) groups excluding carboxylic acids is 3. The minimum Gasteiger partial charge on any atom is -0.378 e. The molecule has 29 heavy (non-hydrogen) atoms. The van der Waals surface area contributed by atoms with Crippen LogP contribution in [0.4, 0.5) is 0 Å². The number of carbonyl (C=O) groups is 3. The molecule has 0 aromatic heterocycles. The Hall–Kier alpha value is -2.24. The number of amides is 2. The monoisotopic (exact) mass is 419 g/mol. The molecule has 1 N–H and O–H groups in total. The van der Waals surface area contributed by atoms with Crippen molar-refractivity contribution in [2.45, 2.75) is 33.1 Å². The van der Waals surface area contributed by atoms with Crippen molar-refractivity contribution in [3.8, 4) is 0 Å². The number of nitrogens with one attached hydrogen (secondary N) is 1. The summed E-state index contributed by atoms with van der Waals surface area (Å²) in [4.78, 5) is 41.6. The van der Waals surface area contributed by atoms with Gasteiger partial charge in [0.2, 0.25) is 4.91 Å². The van der Waals surface area contributed by atoms with Gasteiger partial charge in [0.15, 0.2) is 0 Å². The Labute approximate surface area is 169 Å². The molecule has 1 rings (SSSR count). The minimum absolute atomic E-state index is 0.0657. The van der Waals surface area contributed by atoms with Crippen molar-refractivity contribution >= 4 is 17.8 Å². The van der Waals surface area contributed by atoms with E-state index in [1.807, 2.05) is 13.8 Å². The normalized spacial score (nSPS) is 13.0. The van der Waals surface area contributed by atoms with Crippen LogP contribution in [0.15, 0.2) is 5.11 Å². The Bertz CT molecular complexity index is 510. The highest BCUT2D eigenvalue weighted by Crippen LogP contribution is 2.12. The van der Waals surface area contributed by atoms with Crippen LogP contribution < -0.4 is 4.91 Å². The molecule has 0 aromatic carbocycles. The van der Waals surface area contributed by atoms with Crippen molar-refractivity contribution in [1.29, 1.82) is 5.53 Å². The molecule has 0 aliphatic carbocycles. The molecule has 0 spiro atoms. The van der Waals surface area contributed by atoms with E-state index >= 15 is 0 Å². The molecular formula is C17H31N4O8+. The van der Waals surface area contributed by atoms with Gasteiger partial charge in [-0.05, 0) is 0 Å². The van der Waals surface area contributed by atoms with Gasteiger partial charge in [-0.2, -0.15) is 0 Å². The Balaban J connectivity index is 0.00000379. The lowest BCUT2D eigenvalue weighted by atomic mass is 10.4. The molecule has 1 fully saturated rings. The van der Waals surface area contributed by atoms with Crippen molar-refractivity contribution < 1.29 is 38.2 Å². The predicted molar refractivity (Wildman–Crippen MR) is 98.6 cm³/mol. The first-order chi connectivity index (χ1) is 14.1. The molecule has 1 aliphatic rings. The molecule has 0 radical (unpaired) electrons. The van der Waals surface area contributed by atoms with Crippen LogP contribution in [0, 0.1) is 5.53 Å². The lowest BCUT2D eigenvalue weighted by Crippen LogP contribution is -2.32. The summed E-state index contributed by atoms with van der Waals surface area (Å²) in [5.74, 6) is -1.71. The van der Waals surface area contributed by atoms with Crippen LogP contribution in [-0.2, 0) is 38.2 Å². The van der Waals surface area contributed by atoms with E-state index in [9.17, 15) is 14.4 Å². The second-order valence-corrected chi connectivity index (χ2v) is 5.21. The highest BCUT2D eigenvalue weighted by atomic mass is 16.7. The zero-order chi connectivity index (χ0) is 21.7. The first-order valence-corrected chi connectivity index (χ1v) is 9.56. The van der Waals surface area contributed by atoms with E-state index in [0.29, 0.717) is 57.9 Å². The van der Waals surface area contributed by atoms with Gasteiger partial charge < -0.3 is 23.8 Å². The molecule has 2 amide bonds. The number of hydrogen-bond acceptors (Lipinski definition) is 10. The highest BCUT2D eigenvalue weighted by molar-refractivity contribution is 6.01. The molecule has 12 nitrogen and oxygen atoms in total. The summed E-state index contributed by atoms with van der Waals surface area (Å²) in [7, 11) is 0. The van der Waals surface area contributed by atoms with E-state index in [-0.39, 0.29) is 25.9 Å². The molecule has 0 bridgehead atoms. The van der Waals surface area contributed by atoms with Crippen molar-refractivity contribution in [2.24, 2.45) is 5.11 Å². The molecule has 0 aromatic rings. The summed E-state index contributed by atoms with van der Waals surface area (Å²) < 4.78 is 20.9. The average molecular weight is 419 g/mol. The van der Waals surface area contributed by atoms with E-state index < -0.39 is 17.8 Å². The van der Waals surface area contributed by atoms with Gasteiger partial charge in [-0.25, -0.2) is 4.79 Å². The molecule has 1 aliphatic heterocycles. The number of ether oxygens (including phenoxy) is 4. The highest BCUT2D eigenvalue weighted by Gasteiger charge is 2.32. The van der Waals surface area contributed by atoms with Crippen molar-refractivity contribution in [1.82, 2.24) is 9.97 Å². The first-order valence-electron chi connectivity index (χ1n) is 9.56. The van der Waals surface area contributed by atoms with Crippen LogP contribution in [0.3, 0.4) is 0 Å². The number of nitrogens with zero attached hydrogens (tertiary/aromatic N) is 3. The van der Waals surface area contributed by atoms with Crippen molar-refractivity contribution in [3.63, 3.8) is 0 Å². The second kappa shape index (κ2) is 19.1. The van der Waals surface area contributed by atoms with Gasteiger partial charge in [-0.3, -0.25) is 9.59 Å². The molecule has 1 saturated heterocycles. The summed E-state index contributed by atoms with van der Waals surface area (Å²) in [6, 6.07) is 0. The van der Waals surface area contributed by atoms with Crippen LogP contribution in [0.1, 0.15) is 33.1 Å². The molecular weight excluding hydrogens is 388 g/mol. The second-order valence-electron chi connectivity index (χ2n) is 5.21. The minimum atomic E-state index is -0.696. The summed E-state index contributed by atoms with van der Waals surface area (Å²) in [5.41, 5.74) is 6.45. The molecule has 166 valence electrons. The number of hydrogen-bond donors (Lipinski definition) is 1. The molecule has 0 atom stereocenters. The van der Waals surface area contributed by atoms with E-state index in [1.165, 1.54) is 0 Å². The van der Waals surface area contributed by atoms with Gasteiger partial charge in [0.05, 0.1) is 59.3 Å². The number of rotatable bonds is 16. The van der Waals surface area contributed by atoms with E-state index in [4.69, 9.17) is 29.3 Å².